The molecule has 29 heavy (non-hydrogen) atoms. The van der Waals surface area contributed by atoms with Crippen molar-refractivity contribution in [2.24, 2.45) is 0 Å². The fourth-order valence-corrected chi connectivity index (χ4v) is 3.65. The molecule has 2 aromatic heterocycles. The maximum atomic E-state index is 12.7. The minimum Gasteiger partial charge on any atom is -0.457 e. The van der Waals surface area contributed by atoms with Crippen LogP contribution in [-0.4, -0.2) is 16.7 Å². The number of carbonyl (C=O) groups is 1. The van der Waals surface area contributed by atoms with Gasteiger partial charge in [-0.2, -0.15) is 8.78 Å². The van der Waals surface area contributed by atoms with Crippen molar-refractivity contribution in [1.29, 1.82) is 0 Å². The standard InChI is InChI=1S/C21H13F2NO4S/c22-21(23)29-19-15(6-3-9-24-19)20(26)27-11-13-10-17(25)28-16-8-7-12-4-1-2-5-14(12)18(13)16/h1-10,21H,11H2. The molecule has 0 aliphatic carbocycles. The molecule has 0 aliphatic rings. The van der Waals surface area contributed by atoms with Gasteiger partial charge in [0, 0.05) is 23.2 Å². The number of rotatable bonds is 5. The van der Waals surface area contributed by atoms with E-state index in [1.165, 1.54) is 24.4 Å². The summed E-state index contributed by atoms with van der Waals surface area (Å²) >= 11 is 0.172. The van der Waals surface area contributed by atoms with Crippen molar-refractivity contribution in [3.05, 3.63) is 82.3 Å². The van der Waals surface area contributed by atoms with Gasteiger partial charge in [0.05, 0.1) is 5.56 Å². The number of hydrogen-bond acceptors (Lipinski definition) is 6. The molecule has 4 aromatic rings. The zero-order chi connectivity index (χ0) is 20.4. The molecular weight excluding hydrogens is 400 g/mol. The second-order valence-electron chi connectivity index (χ2n) is 6.06. The molecule has 0 bridgehead atoms. The van der Waals surface area contributed by atoms with Crippen LogP contribution < -0.4 is 5.63 Å². The highest BCUT2D eigenvalue weighted by molar-refractivity contribution is 7.99. The van der Waals surface area contributed by atoms with Crippen LogP contribution in [-0.2, 0) is 11.3 Å². The van der Waals surface area contributed by atoms with E-state index in [4.69, 9.17) is 9.15 Å². The van der Waals surface area contributed by atoms with Gasteiger partial charge in [-0.15, -0.1) is 0 Å². The Morgan fingerprint density at radius 3 is 2.79 bits per heavy atom. The average Bonchev–Trinajstić information content (AvgIpc) is 2.71. The predicted molar refractivity (Wildman–Crippen MR) is 105 cm³/mol. The summed E-state index contributed by atoms with van der Waals surface area (Å²) in [6.07, 6.45) is 1.32. The molecule has 0 fully saturated rings. The third-order valence-corrected chi connectivity index (χ3v) is 4.99. The molecule has 0 unspecified atom stereocenters. The highest BCUT2D eigenvalue weighted by atomic mass is 32.2. The molecule has 0 atom stereocenters. The van der Waals surface area contributed by atoms with Gasteiger partial charge in [-0.25, -0.2) is 14.6 Å². The molecule has 0 radical (unpaired) electrons. The maximum absolute atomic E-state index is 12.7. The van der Waals surface area contributed by atoms with Crippen molar-refractivity contribution < 1.29 is 22.7 Å². The smallest absolute Gasteiger partial charge is 0.341 e. The van der Waals surface area contributed by atoms with Crippen LogP contribution in [0.3, 0.4) is 0 Å². The summed E-state index contributed by atoms with van der Waals surface area (Å²) < 4.78 is 36.0. The Morgan fingerprint density at radius 2 is 1.97 bits per heavy atom. The summed E-state index contributed by atoms with van der Waals surface area (Å²) in [6.45, 7) is -0.220. The molecule has 2 aromatic carbocycles. The Bertz CT molecular complexity index is 1270. The Morgan fingerprint density at radius 1 is 1.14 bits per heavy atom. The van der Waals surface area contributed by atoms with Crippen LogP contribution >= 0.6 is 11.8 Å². The van der Waals surface area contributed by atoms with Crippen LogP contribution in [0.15, 0.2) is 75.0 Å². The number of fused-ring (bicyclic) bond motifs is 3. The number of ether oxygens (including phenoxy) is 1. The molecule has 0 N–H and O–H groups in total. The summed E-state index contributed by atoms with van der Waals surface area (Å²) in [6, 6.07) is 15.1. The first-order valence-electron chi connectivity index (χ1n) is 8.54. The molecule has 0 saturated carbocycles. The van der Waals surface area contributed by atoms with Gasteiger partial charge in [0.15, 0.2) is 0 Å². The van der Waals surface area contributed by atoms with Gasteiger partial charge < -0.3 is 9.15 Å². The molecule has 0 saturated heterocycles. The highest BCUT2D eigenvalue weighted by Crippen LogP contribution is 2.29. The number of benzene rings is 2. The zero-order valence-corrected chi connectivity index (χ0v) is 15.6. The summed E-state index contributed by atoms with van der Waals surface area (Å²) in [5.74, 6) is -3.52. The van der Waals surface area contributed by atoms with Crippen LogP contribution in [0.1, 0.15) is 15.9 Å². The first-order valence-corrected chi connectivity index (χ1v) is 9.42. The van der Waals surface area contributed by atoms with Crippen molar-refractivity contribution in [1.82, 2.24) is 4.98 Å². The van der Waals surface area contributed by atoms with E-state index in [1.807, 2.05) is 30.3 Å². The number of hydrogen-bond donors (Lipinski definition) is 0. The monoisotopic (exact) mass is 413 g/mol. The third-order valence-electron chi connectivity index (χ3n) is 4.27. The molecule has 8 heteroatoms. The van der Waals surface area contributed by atoms with Crippen molar-refractivity contribution in [3.63, 3.8) is 0 Å². The Labute approximate surface area is 167 Å². The second kappa shape index (κ2) is 8.00. The van der Waals surface area contributed by atoms with Crippen molar-refractivity contribution >= 4 is 39.5 Å². The second-order valence-corrected chi connectivity index (χ2v) is 7.04. The minimum absolute atomic E-state index is 0.0603. The molecule has 146 valence electrons. The molecular formula is C21H13F2NO4S. The maximum Gasteiger partial charge on any atom is 0.341 e. The van der Waals surface area contributed by atoms with Gasteiger partial charge in [0.25, 0.3) is 5.76 Å². The molecule has 0 aliphatic heterocycles. The molecule has 0 amide bonds. The number of carbonyl (C=O) groups excluding carboxylic acids is 1. The molecule has 0 spiro atoms. The van der Waals surface area contributed by atoms with Gasteiger partial charge in [-0.05, 0) is 40.7 Å². The molecule has 4 rings (SSSR count). The van der Waals surface area contributed by atoms with E-state index in [9.17, 15) is 18.4 Å². The minimum atomic E-state index is -2.72. The van der Waals surface area contributed by atoms with Crippen LogP contribution in [0, 0.1) is 0 Å². The van der Waals surface area contributed by atoms with E-state index < -0.39 is 17.4 Å². The van der Waals surface area contributed by atoms with Crippen LogP contribution in [0.4, 0.5) is 8.78 Å². The number of aromatic nitrogens is 1. The van der Waals surface area contributed by atoms with Gasteiger partial charge >= 0.3 is 11.6 Å². The van der Waals surface area contributed by atoms with E-state index in [0.29, 0.717) is 16.5 Å². The molecule has 5 nitrogen and oxygen atoms in total. The van der Waals surface area contributed by atoms with Gasteiger partial charge in [-0.3, -0.25) is 0 Å². The Kier molecular flexibility index (Phi) is 5.26. The zero-order valence-electron chi connectivity index (χ0n) is 14.8. The number of nitrogens with zero attached hydrogens (tertiary/aromatic N) is 1. The van der Waals surface area contributed by atoms with Crippen molar-refractivity contribution in [2.75, 3.05) is 0 Å². The third kappa shape index (κ3) is 3.97. The van der Waals surface area contributed by atoms with Gasteiger partial charge in [-0.1, -0.05) is 30.3 Å². The van der Waals surface area contributed by atoms with Crippen LogP contribution in [0.2, 0.25) is 0 Å². The number of alkyl halides is 2. The lowest BCUT2D eigenvalue weighted by Gasteiger charge is -2.11. The van der Waals surface area contributed by atoms with E-state index >= 15 is 0 Å². The van der Waals surface area contributed by atoms with E-state index in [0.717, 1.165) is 10.8 Å². The van der Waals surface area contributed by atoms with E-state index in [1.54, 1.807) is 6.07 Å². The Balaban J connectivity index is 1.70. The highest BCUT2D eigenvalue weighted by Gasteiger charge is 2.19. The lowest BCUT2D eigenvalue weighted by molar-refractivity contribution is 0.0468. The summed E-state index contributed by atoms with van der Waals surface area (Å²) in [7, 11) is 0. The van der Waals surface area contributed by atoms with E-state index in [2.05, 4.69) is 4.98 Å². The summed E-state index contributed by atoms with van der Waals surface area (Å²) in [5, 5.41) is 2.32. The first-order chi connectivity index (χ1) is 14.0. The number of thioether (sulfide) groups is 1. The first kappa shape index (κ1) is 19.1. The van der Waals surface area contributed by atoms with Crippen molar-refractivity contribution in [2.45, 2.75) is 17.4 Å². The van der Waals surface area contributed by atoms with Gasteiger partial charge in [0.1, 0.15) is 17.2 Å². The predicted octanol–water partition coefficient (Wildman–Crippen LogP) is 5.01. The fraction of sp³-hybridized carbons (Fsp3) is 0.0952. The van der Waals surface area contributed by atoms with Gasteiger partial charge in [0.2, 0.25) is 0 Å². The SMILES string of the molecule is O=C(OCc1cc(=O)oc2ccc3ccccc3c12)c1cccnc1SC(F)F. The lowest BCUT2D eigenvalue weighted by atomic mass is 10.0. The fourth-order valence-electron chi connectivity index (χ4n) is 3.08. The van der Waals surface area contributed by atoms with Crippen molar-refractivity contribution in [3.8, 4) is 0 Å². The lowest BCUT2D eigenvalue weighted by Crippen LogP contribution is -2.10. The number of pyridine rings is 1. The Hall–Kier alpha value is -3.26. The normalized spacial score (nSPS) is 11.3. The largest absolute Gasteiger partial charge is 0.457 e. The molecule has 2 heterocycles. The summed E-state index contributed by atoms with van der Waals surface area (Å²) in [4.78, 5) is 28.2. The quantitative estimate of drug-likeness (QED) is 0.198. The number of halogens is 2. The van der Waals surface area contributed by atoms with Crippen LogP contribution in [0.25, 0.3) is 21.7 Å². The number of esters is 1. The summed E-state index contributed by atoms with van der Waals surface area (Å²) in [5.41, 5.74) is 0.204. The topological polar surface area (TPSA) is 69.4 Å². The van der Waals surface area contributed by atoms with Crippen LogP contribution in [0.5, 0.6) is 0 Å². The van der Waals surface area contributed by atoms with E-state index in [-0.39, 0.29) is 29.0 Å². The average molecular weight is 413 g/mol.